The van der Waals surface area contributed by atoms with Crippen LogP contribution >= 0.6 is 0 Å². The number of aromatic amines is 3. The third-order valence-corrected chi connectivity index (χ3v) is 11.0. The maximum absolute atomic E-state index is 14.2. The second-order valence-electron chi connectivity index (χ2n) is 14.1. The molecule has 0 aromatic carbocycles. The van der Waals surface area contributed by atoms with E-state index < -0.39 is 11.9 Å². The lowest BCUT2D eigenvalue weighted by Crippen LogP contribution is -2.32. The zero-order chi connectivity index (χ0) is 36.7. The number of esters is 2. The van der Waals surface area contributed by atoms with E-state index in [1.165, 1.54) is 18.2 Å². The number of methoxy groups -OCH3 is 1. The largest absolute Gasteiger partial charge is 0.468 e. The quantitative estimate of drug-likeness (QED) is 0.143. The van der Waals surface area contributed by atoms with Crippen LogP contribution in [-0.4, -0.2) is 52.4 Å². The van der Waals surface area contributed by atoms with Gasteiger partial charge in [0.2, 0.25) is 0 Å². The highest BCUT2D eigenvalue weighted by molar-refractivity contribution is 6.20. The summed E-state index contributed by atoms with van der Waals surface area (Å²) >= 11 is 0. The highest BCUT2D eigenvalue weighted by Gasteiger charge is 2.45. The molecule has 51 heavy (non-hydrogen) atoms. The van der Waals surface area contributed by atoms with Crippen molar-refractivity contribution in [3.05, 3.63) is 95.7 Å². The van der Waals surface area contributed by atoms with Gasteiger partial charge >= 0.3 is 11.9 Å². The third-order valence-electron chi connectivity index (χ3n) is 11.0. The Hall–Kier alpha value is -5.05. The van der Waals surface area contributed by atoms with Crippen LogP contribution in [-0.2, 0) is 25.5 Å². The Morgan fingerprint density at radius 2 is 1.71 bits per heavy atom. The summed E-state index contributed by atoms with van der Waals surface area (Å²) in [6, 6.07) is -0.209. The van der Waals surface area contributed by atoms with Crippen LogP contribution in [0.25, 0.3) is 29.9 Å². The van der Waals surface area contributed by atoms with Crippen LogP contribution in [0.15, 0.2) is 29.5 Å². The summed E-state index contributed by atoms with van der Waals surface area (Å²) in [6.45, 7) is 18.9. The zero-order valence-electron chi connectivity index (χ0n) is 31.1. The molecule has 0 radical (unpaired) electrons. The number of allylic oxidation sites excluding steroid dienone is 2. The highest BCUT2D eigenvalue weighted by atomic mass is 16.5. The van der Waals surface area contributed by atoms with Crippen molar-refractivity contribution in [3.63, 3.8) is 0 Å². The van der Waals surface area contributed by atoms with E-state index in [2.05, 4.69) is 79.7 Å². The molecule has 6 rings (SSSR count). The van der Waals surface area contributed by atoms with Crippen molar-refractivity contribution < 1.29 is 23.9 Å². The van der Waals surface area contributed by atoms with E-state index in [-0.39, 0.29) is 36.7 Å². The maximum atomic E-state index is 14.2. The Kier molecular flexibility index (Phi) is 10.0. The minimum atomic E-state index is -1.14. The number of hydrogen-bond donors (Lipinski definition) is 4. The number of Topliss-reactive ketones (excluding diaryl/α,β-unsaturated/α-hetero) is 1. The van der Waals surface area contributed by atoms with Crippen molar-refractivity contribution >= 4 is 47.6 Å². The second-order valence-corrected chi connectivity index (χ2v) is 14.1. The molecule has 3 aliphatic rings. The van der Waals surface area contributed by atoms with Crippen molar-refractivity contribution in [2.75, 3.05) is 13.7 Å². The lowest BCUT2D eigenvalue weighted by Gasteiger charge is -2.17. The molecular formula is C42H50N4O5. The fourth-order valence-corrected chi connectivity index (χ4v) is 8.07. The van der Waals surface area contributed by atoms with Crippen molar-refractivity contribution in [2.45, 2.75) is 86.6 Å². The number of H-pyrrole nitrogens is 3. The van der Waals surface area contributed by atoms with Gasteiger partial charge in [0.1, 0.15) is 12.5 Å². The topological polar surface area (TPSA) is 129 Å². The predicted octanol–water partition coefficient (Wildman–Crippen LogP) is 4.32. The number of aromatic nitrogens is 3. The molecule has 2 aliphatic heterocycles. The Morgan fingerprint density at radius 3 is 2.39 bits per heavy atom. The molecule has 0 amide bonds. The first-order valence-corrected chi connectivity index (χ1v) is 18.1. The molecule has 0 saturated heterocycles. The zero-order valence-corrected chi connectivity index (χ0v) is 31.1. The fraction of sp³-hybridized carbons (Fsp3) is 0.405. The van der Waals surface area contributed by atoms with Gasteiger partial charge < -0.3 is 29.7 Å². The maximum Gasteiger partial charge on any atom is 0.321 e. The van der Waals surface area contributed by atoms with Gasteiger partial charge in [0.25, 0.3) is 0 Å². The number of ether oxygens (including phenoxy) is 2. The first kappa shape index (κ1) is 35.8. The Bertz CT molecular complexity index is 2270. The molecule has 8 bridgehead atoms. The van der Waals surface area contributed by atoms with Crippen molar-refractivity contribution in [2.24, 2.45) is 11.8 Å². The molecule has 0 fully saturated rings. The lowest BCUT2D eigenvalue weighted by atomic mass is 9.88. The molecule has 268 valence electrons. The van der Waals surface area contributed by atoms with Crippen LogP contribution in [0, 0.1) is 32.6 Å². The molecule has 3 aromatic heterocycles. The monoisotopic (exact) mass is 690 g/mol. The van der Waals surface area contributed by atoms with Crippen LogP contribution < -0.4 is 26.7 Å². The molecule has 9 heteroatoms. The van der Waals surface area contributed by atoms with Gasteiger partial charge in [-0.15, -0.1) is 0 Å². The minimum absolute atomic E-state index is 0.0792. The van der Waals surface area contributed by atoms with E-state index in [1.807, 2.05) is 26.0 Å². The molecule has 3 aromatic rings. The van der Waals surface area contributed by atoms with Gasteiger partial charge in [-0.3, -0.25) is 14.4 Å². The number of hydrogen-bond acceptors (Lipinski definition) is 6. The van der Waals surface area contributed by atoms with E-state index >= 15 is 0 Å². The summed E-state index contributed by atoms with van der Waals surface area (Å²) in [7, 11) is 1.31. The predicted molar refractivity (Wildman–Crippen MR) is 201 cm³/mol. The SMILES string of the molecule is C=Cc1c(C)/c2[nH]/c1=C\c1[nH]c(c(CC)c1C)/C=c1\[nH]c3c(c1C)C(=O)[C@H](C(=O)OC)C=3C1=C(CCC(=O)OC/C=C(\C)CCC)[C@H](C)C(\C=2)N1. The van der Waals surface area contributed by atoms with Gasteiger partial charge in [0.05, 0.1) is 18.5 Å². The van der Waals surface area contributed by atoms with E-state index in [1.54, 1.807) is 0 Å². The normalized spacial score (nSPS) is 21.4. The van der Waals surface area contributed by atoms with E-state index in [0.29, 0.717) is 28.6 Å². The summed E-state index contributed by atoms with van der Waals surface area (Å²) < 4.78 is 10.8. The van der Waals surface area contributed by atoms with E-state index in [4.69, 9.17) is 9.47 Å². The summed E-state index contributed by atoms with van der Waals surface area (Å²) in [4.78, 5) is 51.6. The van der Waals surface area contributed by atoms with Crippen LogP contribution in [0.4, 0.5) is 0 Å². The Morgan fingerprint density at radius 1 is 0.961 bits per heavy atom. The first-order chi connectivity index (χ1) is 24.4. The number of nitrogens with one attached hydrogen (secondary N) is 4. The van der Waals surface area contributed by atoms with Gasteiger partial charge in [0, 0.05) is 62.2 Å². The molecule has 1 unspecified atom stereocenters. The molecule has 1 aliphatic carbocycles. The van der Waals surface area contributed by atoms with Crippen LogP contribution in [0.5, 0.6) is 0 Å². The smallest absolute Gasteiger partial charge is 0.321 e. The van der Waals surface area contributed by atoms with Gasteiger partial charge in [-0.1, -0.05) is 45.4 Å². The molecule has 4 N–H and O–H groups in total. The highest BCUT2D eigenvalue weighted by Crippen LogP contribution is 2.39. The Balaban J connectivity index is 1.59. The molecule has 5 heterocycles. The van der Waals surface area contributed by atoms with Crippen molar-refractivity contribution in [1.29, 1.82) is 0 Å². The minimum Gasteiger partial charge on any atom is -0.468 e. The van der Waals surface area contributed by atoms with Gasteiger partial charge in [-0.25, -0.2) is 0 Å². The van der Waals surface area contributed by atoms with Crippen LogP contribution in [0.1, 0.15) is 103 Å². The average Bonchev–Trinajstić information content (AvgIpc) is 3.84. The number of ketones is 1. The van der Waals surface area contributed by atoms with Crippen molar-refractivity contribution in [1.82, 2.24) is 20.3 Å². The van der Waals surface area contributed by atoms with Crippen LogP contribution in [0.3, 0.4) is 0 Å². The van der Waals surface area contributed by atoms with Crippen molar-refractivity contribution in [3.8, 4) is 0 Å². The summed E-state index contributed by atoms with van der Waals surface area (Å²) in [6.07, 6.45) is 13.6. The number of carbonyl (C=O) groups is 3. The van der Waals surface area contributed by atoms with Crippen LogP contribution in [0.2, 0.25) is 0 Å². The molecular weight excluding hydrogens is 640 g/mol. The number of rotatable bonds is 10. The summed E-state index contributed by atoms with van der Waals surface area (Å²) in [5.41, 5.74) is 11.0. The third kappa shape index (κ3) is 6.28. The van der Waals surface area contributed by atoms with Gasteiger partial charge in [-0.05, 0) is 99.1 Å². The first-order valence-electron chi connectivity index (χ1n) is 18.1. The van der Waals surface area contributed by atoms with E-state index in [9.17, 15) is 14.4 Å². The van der Waals surface area contributed by atoms with E-state index in [0.717, 1.165) is 74.5 Å². The van der Waals surface area contributed by atoms with Gasteiger partial charge in [0.15, 0.2) is 5.78 Å². The molecule has 0 spiro atoms. The number of fused-ring (bicyclic) bond motifs is 8. The molecule has 3 atom stereocenters. The summed E-state index contributed by atoms with van der Waals surface area (Å²) in [5.74, 6) is -2.43. The average molecular weight is 691 g/mol. The standard InChI is InChI=1S/C42H50N4O5/c1-10-13-21(4)16-17-51-35(47)15-14-28-24(7)31-18-29-22(5)26(11-2)33(43-29)19-30-23(6)27(12-3)34(44-30)20-32-25(8)36-40(46-32)37(39(28)45-31)38(41(36)48)42(49)50-9/h11,16,18-20,24,31,38,43-46H,2,10,12-15,17H2,1,3-9H3/b21-16+,29-18-,32-20-,33-19-/t24-,31?,38+/m0/s1. The van der Waals surface area contributed by atoms with Gasteiger partial charge in [-0.2, -0.15) is 0 Å². The molecule has 0 saturated carbocycles. The summed E-state index contributed by atoms with van der Waals surface area (Å²) in [5, 5.41) is 7.02. The number of carbonyl (C=O) groups excluding carboxylic acids is 3. The fourth-order valence-electron chi connectivity index (χ4n) is 8.07. The Labute approximate surface area is 299 Å². The second kappa shape index (κ2) is 14.3. The molecule has 9 nitrogen and oxygen atoms in total. The lowest BCUT2D eigenvalue weighted by molar-refractivity contribution is -0.143.